The van der Waals surface area contributed by atoms with E-state index >= 15 is 0 Å². The summed E-state index contributed by atoms with van der Waals surface area (Å²) in [6, 6.07) is 0.0356. The first-order valence-corrected chi connectivity index (χ1v) is 8.27. The lowest BCUT2D eigenvalue weighted by Gasteiger charge is -2.28. The monoisotopic (exact) mass is 277 g/mol. The summed E-state index contributed by atoms with van der Waals surface area (Å²) in [6.45, 7) is 3.85. The van der Waals surface area contributed by atoms with Crippen molar-refractivity contribution in [2.75, 3.05) is 12.4 Å². The molecule has 1 aliphatic rings. The molecule has 18 heavy (non-hydrogen) atoms. The third kappa shape index (κ3) is 5.35. The second-order valence-corrected chi connectivity index (χ2v) is 6.79. The van der Waals surface area contributed by atoms with E-state index in [1.165, 1.54) is 0 Å². The highest BCUT2D eigenvalue weighted by atomic mass is 32.2. The van der Waals surface area contributed by atoms with E-state index in [0.29, 0.717) is 18.9 Å². The van der Waals surface area contributed by atoms with E-state index < -0.39 is 10.0 Å². The lowest BCUT2D eigenvalue weighted by molar-refractivity contribution is -0.144. The number of carbonyl (C=O) groups excluding carboxylic acids is 1. The van der Waals surface area contributed by atoms with Crippen molar-refractivity contribution in [1.82, 2.24) is 4.72 Å². The standard InChI is InChI=1S/C12H23NO4S/c1-3-17-12(14)9-10-5-7-11(8-6-10)13-18(15,16)4-2/h10-11,13H,3-9H2,1-2H3/t10-,11-. The van der Waals surface area contributed by atoms with E-state index in [1.807, 2.05) is 0 Å². The fraction of sp³-hybridized carbons (Fsp3) is 0.917. The minimum atomic E-state index is -3.11. The Kier molecular flexibility index (Phi) is 6.08. The van der Waals surface area contributed by atoms with Crippen LogP contribution in [-0.4, -0.2) is 32.8 Å². The highest BCUT2D eigenvalue weighted by Crippen LogP contribution is 2.27. The van der Waals surface area contributed by atoms with E-state index in [9.17, 15) is 13.2 Å². The molecule has 0 radical (unpaired) electrons. The predicted molar refractivity (Wildman–Crippen MR) is 69.6 cm³/mol. The molecule has 0 aromatic rings. The molecule has 106 valence electrons. The van der Waals surface area contributed by atoms with Gasteiger partial charge in [-0.1, -0.05) is 0 Å². The zero-order chi connectivity index (χ0) is 13.6. The summed E-state index contributed by atoms with van der Waals surface area (Å²) in [6.07, 6.45) is 3.85. The minimum absolute atomic E-state index is 0.0356. The van der Waals surface area contributed by atoms with Crippen molar-refractivity contribution in [3.63, 3.8) is 0 Å². The molecule has 1 saturated carbocycles. The van der Waals surface area contributed by atoms with Gasteiger partial charge in [0.2, 0.25) is 10.0 Å². The number of nitrogens with one attached hydrogen (secondary N) is 1. The van der Waals surface area contributed by atoms with Gasteiger partial charge in [-0.3, -0.25) is 4.79 Å². The quantitative estimate of drug-likeness (QED) is 0.746. The highest BCUT2D eigenvalue weighted by Gasteiger charge is 2.25. The first-order valence-electron chi connectivity index (χ1n) is 6.62. The molecule has 1 aliphatic carbocycles. The van der Waals surface area contributed by atoms with Crippen molar-refractivity contribution in [2.24, 2.45) is 5.92 Å². The maximum absolute atomic E-state index is 11.4. The molecule has 0 atom stereocenters. The van der Waals surface area contributed by atoms with Gasteiger partial charge in [0.05, 0.1) is 12.4 Å². The van der Waals surface area contributed by atoms with Crippen LogP contribution in [-0.2, 0) is 19.6 Å². The number of ether oxygens (including phenoxy) is 1. The minimum Gasteiger partial charge on any atom is -0.466 e. The fourth-order valence-electron chi connectivity index (χ4n) is 2.28. The molecule has 0 saturated heterocycles. The van der Waals surface area contributed by atoms with E-state index in [1.54, 1.807) is 13.8 Å². The molecule has 0 aromatic heterocycles. The second kappa shape index (κ2) is 7.09. The normalized spacial score (nSPS) is 24.8. The number of carbonyl (C=O) groups is 1. The Morgan fingerprint density at radius 3 is 2.33 bits per heavy atom. The summed E-state index contributed by atoms with van der Waals surface area (Å²) in [5.41, 5.74) is 0. The van der Waals surface area contributed by atoms with Crippen LogP contribution in [0, 0.1) is 5.92 Å². The molecule has 0 aliphatic heterocycles. The van der Waals surface area contributed by atoms with Crippen molar-refractivity contribution in [3.8, 4) is 0 Å². The third-order valence-corrected chi connectivity index (χ3v) is 4.79. The largest absolute Gasteiger partial charge is 0.466 e. The van der Waals surface area contributed by atoms with Crippen LogP contribution in [0.2, 0.25) is 0 Å². The molecular formula is C12H23NO4S. The SMILES string of the molecule is CCOC(=O)C[C@H]1CC[C@H](NS(=O)(=O)CC)CC1. The average molecular weight is 277 g/mol. The molecule has 0 aromatic carbocycles. The number of hydrogen-bond acceptors (Lipinski definition) is 4. The summed E-state index contributed by atoms with van der Waals surface area (Å²) < 4.78 is 30.5. The Hall–Kier alpha value is -0.620. The van der Waals surface area contributed by atoms with Gasteiger partial charge in [0, 0.05) is 12.5 Å². The van der Waals surface area contributed by atoms with Gasteiger partial charge in [0.1, 0.15) is 0 Å². The zero-order valence-corrected chi connectivity index (χ0v) is 12.0. The molecule has 1 fully saturated rings. The van der Waals surface area contributed by atoms with Crippen LogP contribution >= 0.6 is 0 Å². The predicted octanol–water partition coefficient (Wildman–Crippen LogP) is 1.44. The first kappa shape index (κ1) is 15.4. The summed E-state index contributed by atoms with van der Waals surface area (Å²) >= 11 is 0. The highest BCUT2D eigenvalue weighted by molar-refractivity contribution is 7.89. The van der Waals surface area contributed by atoms with Crippen LogP contribution in [0.1, 0.15) is 46.0 Å². The molecule has 0 heterocycles. The molecule has 1 rings (SSSR count). The Bertz CT molecular complexity index is 358. The van der Waals surface area contributed by atoms with Crippen molar-refractivity contribution in [3.05, 3.63) is 0 Å². The lowest BCUT2D eigenvalue weighted by Crippen LogP contribution is -2.38. The van der Waals surface area contributed by atoms with Crippen LogP contribution in [0.25, 0.3) is 0 Å². The summed E-state index contributed by atoms with van der Waals surface area (Å²) in [4.78, 5) is 11.3. The van der Waals surface area contributed by atoms with Crippen LogP contribution in [0.5, 0.6) is 0 Å². The molecular weight excluding hydrogens is 254 g/mol. The lowest BCUT2D eigenvalue weighted by atomic mass is 9.84. The summed E-state index contributed by atoms with van der Waals surface area (Å²) in [7, 11) is -3.11. The van der Waals surface area contributed by atoms with Crippen LogP contribution in [0.4, 0.5) is 0 Å². The Balaban J connectivity index is 2.31. The zero-order valence-electron chi connectivity index (χ0n) is 11.1. The molecule has 0 amide bonds. The molecule has 0 unspecified atom stereocenters. The van der Waals surface area contributed by atoms with Crippen molar-refractivity contribution in [1.29, 1.82) is 0 Å². The van der Waals surface area contributed by atoms with Crippen LogP contribution in [0.15, 0.2) is 0 Å². The van der Waals surface area contributed by atoms with Gasteiger partial charge in [-0.2, -0.15) is 0 Å². The smallest absolute Gasteiger partial charge is 0.306 e. The third-order valence-electron chi connectivity index (χ3n) is 3.33. The van der Waals surface area contributed by atoms with Gasteiger partial charge < -0.3 is 4.74 Å². The van der Waals surface area contributed by atoms with Crippen molar-refractivity contribution >= 4 is 16.0 Å². The number of rotatable bonds is 6. The Labute approximate surface area is 109 Å². The first-order chi connectivity index (χ1) is 8.46. The number of hydrogen-bond donors (Lipinski definition) is 1. The molecule has 0 spiro atoms. The topological polar surface area (TPSA) is 72.5 Å². The van der Waals surface area contributed by atoms with Gasteiger partial charge in [-0.15, -0.1) is 0 Å². The molecule has 5 nitrogen and oxygen atoms in total. The summed E-state index contributed by atoms with van der Waals surface area (Å²) in [5.74, 6) is 0.317. The Morgan fingerprint density at radius 2 is 1.83 bits per heavy atom. The maximum Gasteiger partial charge on any atom is 0.306 e. The van der Waals surface area contributed by atoms with Crippen LogP contribution < -0.4 is 4.72 Å². The fourth-order valence-corrected chi connectivity index (χ4v) is 3.19. The summed E-state index contributed by atoms with van der Waals surface area (Å²) in [5, 5.41) is 0. The molecule has 6 heteroatoms. The molecule has 0 bridgehead atoms. The van der Waals surface area contributed by atoms with E-state index in [2.05, 4.69) is 4.72 Å². The van der Waals surface area contributed by atoms with Gasteiger partial charge >= 0.3 is 5.97 Å². The van der Waals surface area contributed by atoms with E-state index in [4.69, 9.17) is 4.74 Å². The number of esters is 1. The number of sulfonamides is 1. The van der Waals surface area contributed by atoms with E-state index in [0.717, 1.165) is 25.7 Å². The van der Waals surface area contributed by atoms with Gasteiger partial charge in [0.25, 0.3) is 0 Å². The molecule has 1 N–H and O–H groups in total. The van der Waals surface area contributed by atoms with E-state index in [-0.39, 0.29) is 17.8 Å². The second-order valence-electron chi connectivity index (χ2n) is 4.75. The van der Waals surface area contributed by atoms with Gasteiger partial charge in [0.15, 0.2) is 0 Å². The van der Waals surface area contributed by atoms with Gasteiger partial charge in [-0.25, -0.2) is 13.1 Å². The van der Waals surface area contributed by atoms with Crippen molar-refractivity contribution < 1.29 is 17.9 Å². The van der Waals surface area contributed by atoms with Crippen molar-refractivity contribution in [2.45, 2.75) is 52.0 Å². The van der Waals surface area contributed by atoms with Gasteiger partial charge in [-0.05, 0) is 45.4 Å². The maximum atomic E-state index is 11.4. The average Bonchev–Trinajstić information content (AvgIpc) is 2.32. The Morgan fingerprint density at radius 1 is 1.22 bits per heavy atom. The van der Waals surface area contributed by atoms with Crippen LogP contribution in [0.3, 0.4) is 0 Å².